The number of nitrogens with zero attached hydrogens (tertiary/aromatic N) is 1. The molecule has 0 spiro atoms. The number of hydrogen-bond donors (Lipinski definition) is 3. The van der Waals surface area contributed by atoms with Gasteiger partial charge in [0.25, 0.3) is 5.91 Å². The lowest BCUT2D eigenvalue weighted by Crippen LogP contribution is -2.52. The van der Waals surface area contributed by atoms with Gasteiger partial charge in [0.2, 0.25) is 0 Å². The summed E-state index contributed by atoms with van der Waals surface area (Å²) in [5.74, 6) is -2.48. The molecule has 1 amide bonds. The summed E-state index contributed by atoms with van der Waals surface area (Å²) < 4.78 is 0. The molecule has 0 saturated heterocycles. The molecular weight excluding hydrogens is 260 g/mol. The summed E-state index contributed by atoms with van der Waals surface area (Å²) in [5, 5.41) is 19.1. The first kappa shape index (κ1) is 16.1. The molecule has 1 rings (SSSR count). The Balaban J connectivity index is 2.75. The Hall–Kier alpha value is -1.92. The fraction of sp³-hybridized carbons (Fsp3) is 0.429. The number of hydrogen-bond acceptors (Lipinski definition) is 4. The van der Waals surface area contributed by atoms with Gasteiger partial charge in [-0.05, 0) is 17.9 Å². The number of benzene rings is 1. The SMILES string of the molecule is CC(C)[C@@H](C(=O)O)N(O)C(=O)[C@@H](N)Cc1ccccc1. The van der Waals surface area contributed by atoms with Crippen LogP contribution in [0.5, 0.6) is 0 Å². The van der Waals surface area contributed by atoms with E-state index in [2.05, 4.69) is 0 Å². The summed E-state index contributed by atoms with van der Waals surface area (Å²) in [5.41, 5.74) is 6.59. The normalized spacial score (nSPS) is 13.8. The Morgan fingerprint density at radius 1 is 1.25 bits per heavy atom. The van der Waals surface area contributed by atoms with E-state index in [9.17, 15) is 14.8 Å². The topological polar surface area (TPSA) is 104 Å². The Kier molecular flexibility index (Phi) is 5.66. The van der Waals surface area contributed by atoms with Gasteiger partial charge >= 0.3 is 5.97 Å². The van der Waals surface area contributed by atoms with Crippen LogP contribution in [0.1, 0.15) is 19.4 Å². The van der Waals surface area contributed by atoms with E-state index in [1.807, 2.05) is 30.3 Å². The fourth-order valence-corrected chi connectivity index (χ4v) is 1.93. The van der Waals surface area contributed by atoms with Crippen molar-refractivity contribution in [2.75, 3.05) is 0 Å². The summed E-state index contributed by atoms with van der Waals surface area (Å²) in [6.07, 6.45) is 0.237. The Morgan fingerprint density at radius 2 is 1.80 bits per heavy atom. The van der Waals surface area contributed by atoms with Crippen LogP contribution >= 0.6 is 0 Å². The molecule has 4 N–H and O–H groups in total. The van der Waals surface area contributed by atoms with Crippen LogP contribution in [0.3, 0.4) is 0 Å². The van der Waals surface area contributed by atoms with Crippen LogP contribution in [-0.2, 0) is 16.0 Å². The van der Waals surface area contributed by atoms with Gasteiger partial charge in [-0.2, -0.15) is 0 Å². The standard InChI is InChI=1S/C14H20N2O4/c1-9(2)12(14(18)19)16(20)13(17)11(15)8-10-6-4-3-5-7-10/h3-7,9,11-12,20H,8,15H2,1-2H3,(H,18,19)/t11-,12-/m0/s1. The minimum absolute atomic E-state index is 0.237. The molecule has 0 aromatic heterocycles. The lowest BCUT2D eigenvalue weighted by molar-refractivity contribution is -0.191. The van der Waals surface area contributed by atoms with Crippen molar-refractivity contribution in [3.05, 3.63) is 35.9 Å². The zero-order chi connectivity index (χ0) is 15.3. The highest BCUT2D eigenvalue weighted by molar-refractivity contribution is 5.86. The zero-order valence-corrected chi connectivity index (χ0v) is 11.6. The van der Waals surface area contributed by atoms with Crippen LogP contribution < -0.4 is 5.73 Å². The first-order chi connectivity index (χ1) is 9.34. The molecule has 0 radical (unpaired) electrons. The molecule has 0 aliphatic rings. The Bertz CT molecular complexity index is 462. The third-order valence-electron chi connectivity index (χ3n) is 2.99. The van der Waals surface area contributed by atoms with Crippen LogP contribution in [0, 0.1) is 5.92 Å². The smallest absolute Gasteiger partial charge is 0.329 e. The van der Waals surface area contributed by atoms with E-state index in [1.165, 1.54) is 0 Å². The molecule has 0 aliphatic heterocycles. The van der Waals surface area contributed by atoms with E-state index in [1.54, 1.807) is 13.8 Å². The largest absolute Gasteiger partial charge is 0.480 e. The molecule has 0 aliphatic carbocycles. The van der Waals surface area contributed by atoms with Crippen molar-refractivity contribution in [3.8, 4) is 0 Å². The highest BCUT2D eigenvalue weighted by Crippen LogP contribution is 2.12. The van der Waals surface area contributed by atoms with Crippen molar-refractivity contribution < 1.29 is 19.9 Å². The molecule has 1 aromatic carbocycles. The third kappa shape index (κ3) is 4.04. The monoisotopic (exact) mass is 280 g/mol. The predicted octanol–water partition coefficient (Wildman–Crippen LogP) is 0.883. The van der Waals surface area contributed by atoms with Crippen molar-refractivity contribution in [1.29, 1.82) is 0 Å². The van der Waals surface area contributed by atoms with Crippen molar-refractivity contribution >= 4 is 11.9 Å². The predicted molar refractivity (Wildman–Crippen MR) is 73.0 cm³/mol. The van der Waals surface area contributed by atoms with Crippen molar-refractivity contribution in [3.63, 3.8) is 0 Å². The quantitative estimate of drug-likeness (QED) is 0.530. The van der Waals surface area contributed by atoms with Crippen LogP contribution in [0.2, 0.25) is 0 Å². The van der Waals surface area contributed by atoms with Crippen LogP contribution in [0.15, 0.2) is 30.3 Å². The Morgan fingerprint density at radius 3 is 2.25 bits per heavy atom. The maximum absolute atomic E-state index is 12.0. The summed E-state index contributed by atoms with van der Waals surface area (Å²) in [7, 11) is 0. The second-order valence-corrected chi connectivity index (χ2v) is 5.01. The molecule has 0 heterocycles. The van der Waals surface area contributed by atoms with Crippen LogP contribution in [0.25, 0.3) is 0 Å². The van der Waals surface area contributed by atoms with E-state index in [0.29, 0.717) is 0 Å². The van der Waals surface area contributed by atoms with Gasteiger partial charge in [0.1, 0.15) is 0 Å². The number of carbonyl (C=O) groups excluding carboxylic acids is 1. The molecule has 6 nitrogen and oxygen atoms in total. The first-order valence-electron chi connectivity index (χ1n) is 6.38. The first-order valence-corrected chi connectivity index (χ1v) is 6.38. The van der Waals surface area contributed by atoms with E-state index < -0.39 is 29.9 Å². The van der Waals surface area contributed by atoms with E-state index >= 15 is 0 Å². The average Bonchev–Trinajstić information content (AvgIpc) is 2.37. The molecule has 0 saturated carbocycles. The molecule has 20 heavy (non-hydrogen) atoms. The van der Waals surface area contributed by atoms with Gasteiger partial charge < -0.3 is 10.8 Å². The second-order valence-electron chi connectivity index (χ2n) is 5.01. The number of carboxylic acids is 1. The minimum Gasteiger partial charge on any atom is -0.480 e. The summed E-state index contributed by atoms with van der Waals surface area (Å²) in [6, 6.07) is 6.81. The molecule has 2 atom stereocenters. The molecule has 0 fully saturated rings. The third-order valence-corrected chi connectivity index (χ3v) is 2.99. The van der Waals surface area contributed by atoms with Gasteiger partial charge in [0.05, 0.1) is 6.04 Å². The molecule has 110 valence electrons. The van der Waals surface area contributed by atoms with E-state index in [0.717, 1.165) is 5.56 Å². The number of nitrogens with two attached hydrogens (primary N) is 1. The van der Waals surface area contributed by atoms with E-state index in [4.69, 9.17) is 10.8 Å². The average molecular weight is 280 g/mol. The van der Waals surface area contributed by atoms with Gasteiger partial charge in [-0.3, -0.25) is 10.0 Å². The highest BCUT2D eigenvalue weighted by Gasteiger charge is 2.33. The summed E-state index contributed by atoms with van der Waals surface area (Å²) in [4.78, 5) is 23.1. The number of amides is 1. The molecule has 1 aromatic rings. The van der Waals surface area contributed by atoms with Crippen molar-refractivity contribution in [2.24, 2.45) is 11.7 Å². The molecular formula is C14H20N2O4. The second kappa shape index (κ2) is 7.02. The van der Waals surface area contributed by atoms with Crippen LogP contribution in [0.4, 0.5) is 0 Å². The van der Waals surface area contributed by atoms with Gasteiger partial charge in [-0.1, -0.05) is 44.2 Å². The Labute approximate surface area is 117 Å². The van der Waals surface area contributed by atoms with Gasteiger partial charge in [0, 0.05) is 0 Å². The van der Waals surface area contributed by atoms with Crippen LogP contribution in [-0.4, -0.2) is 39.3 Å². The maximum Gasteiger partial charge on any atom is 0.329 e. The van der Waals surface area contributed by atoms with Gasteiger partial charge in [-0.25, -0.2) is 9.86 Å². The lowest BCUT2D eigenvalue weighted by atomic mass is 10.0. The highest BCUT2D eigenvalue weighted by atomic mass is 16.5. The maximum atomic E-state index is 12.0. The fourth-order valence-electron chi connectivity index (χ4n) is 1.93. The number of carbonyl (C=O) groups is 2. The molecule has 6 heteroatoms. The van der Waals surface area contributed by atoms with E-state index in [-0.39, 0.29) is 11.5 Å². The number of aliphatic carboxylic acids is 1. The van der Waals surface area contributed by atoms with Gasteiger partial charge in [-0.15, -0.1) is 0 Å². The number of carboxylic acid groups (broad SMARTS) is 1. The lowest BCUT2D eigenvalue weighted by Gasteiger charge is -2.27. The number of rotatable bonds is 6. The van der Waals surface area contributed by atoms with Crippen molar-refractivity contribution in [1.82, 2.24) is 5.06 Å². The van der Waals surface area contributed by atoms with Gasteiger partial charge in [0.15, 0.2) is 6.04 Å². The summed E-state index contributed by atoms with van der Waals surface area (Å²) in [6.45, 7) is 3.22. The molecule has 0 unspecified atom stereocenters. The van der Waals surface area contributed by atoms with Crippen molar-refractivity contribution in [2.45, 2.75) is 32.4 Å². The zero-order valence-electron chi connectivity index (χ0n) is 11.6. The molecule has 0 bridgehead atoms. The minimum atomic E-state index is -1.30. The number of hydroxylamine groups is 2. The summed E-state index contributed by atoms with van der Waals surface area (Å²) >= 11 is 0.